The van der Waals surface area contributed by atoms with Crippen LogP contribution in [0.5, 0.6) is 0 Å². The molecule has 5 N–H and O–H groups in total. The van der Waals surface area contributed by atoms with Crippen LogP contribution in [0.4, 0.5) is 0 Å². The van der Waals surface area contributed by atoms with Crippen LogP contribution < -0.4 is 11.2 Å². The molecule has 1 fully saturated rings. The molecule has 0 saturated carbocycles. The first-order chi connectivity index (χ1) is 11.8. The van der Waals surface area contributed by atoms with Crippen molar-refractivity contribution in [2.75, 3.05) is 6.61 Å². The van der Waals surface area contributed by atoms with Crippen molar-refractivity contribution in [2.24, 2.45) is 0 Å². The summed E-state index contributed by atoms with van der Waals surface area (Å²) in [7, 11) is -7.99. The molecule has 0 aromatic carbocycles. The van der Waals surface area contributed by atoms with Gasteiger partial charge < -0.3 is 28.8 Å². The van der Waals surface area contributed by atoms with Crippen LogP contribution in [-0.2, 0) is 17.9 Å². The number of nitrogens with zero attached hydrogens (tertiary/aromatic N) is 1. The first-order valence-electron chi connectivity index (χ1n) is 6.88. The minimum absolute atomic E-state index is 0.0774. The molecular weight excluding hydrogens is 401 g/mol. The van der Waals surface area contributed by atoms with Crippen molar-refractivity contribution < 1.29 is 37.5 Å². The topological polar surface area (TPSA) is 173 Å². The monoisotopic (exact) mass is 418 g/mol. The number of hydrogen-bond acceptors (Lipinski definition) is 10. The van der Waals surface area contributed by atoms with Gasteiger partial charge in [0.05, 0.1) is 12.7 Å². The minimum atomic E-state index is -2.81. The van der Waals surface area contributed by atoms with E-state index in [1.165, 1.54) is 10.8 Å². The number of aryl methyl sites for hydroxylation is 1. The first-order valence-corrected chi connectivity index (χ1v) is 10.3. The lowest BCUT2D eigenvalue weighted by Crippen LogP contribution is -2.33. The van der Waals surface area contributed by atoms with E-state index in [1.807, 2.05) is 0 Å². The molecule has 1 aromatic heterocycles. The molecule has 0 spiro atoms. The molecule has 142 valence electrons. The lowest BCUT2D eigenvalue weighted by Gasteiger charge is -2.18. The van der Waals surface area contributed by atoms with Crippen LogP contribution in [0, 0.1) is 6.92 Å². The zero-order valence-corrected chi connectivity index (χ0v) is 15.6. The molecule has 0 bridgehead atoms. The number of nitrogens with one attached hydrogen (secondary N) is 1. The Balaban J connectivity index is 1.82. The Morgan fingerprint density at radius 3 is 2.64 bits per heavy atom. The Morgan fingerprint density at radius 1 is 1.24 bits per heavy atom. The van der Waals surface area contributed by atoms with Crippen molar-refractivity contribution in [3.8, 4) is 0 Å². The van der Waals surface area contributed by atoms with E-state index in [4.69, 9.17) is 23.9 Å². The van der Waals surface area contributed by atoms with E-state index in [1.54, 1.807) is 6.92 Å². The summed E-state index contributed by atoms with van der Waals surface area (Å²) >= 11 is 0. The zero-order chi connectivity index (χ0) is 18.6. The van der Waals surface area contributed by atoms with E-state index in [9.17, 15) is 14.5 Å². The molecule has 0 amide bonds. The van der Waals surface area contributed by atoms with Gasteiger partial charge in [-0.2, -0.15) is 0 Å². The average molecular weight is 418 g/mol. The van der Waals surface area contributed by atoms with Gasteiger partial charge in [0.15, 0.2) is 0 Å². The largest absolute Gasteiger partial charge is 0.352 e. The predicted molar refractivity (Wildman–Crippen MR) is 87.0 cm³/mol. The van der Waals surface area contributed by atoms with Crippen molar-refractivity contribution in [1.29, 1.82) is 0 Å². The summed E-state index contributed by atoms with van der Waals surface area (Å²) in [6, 6.07) is 0. The molecule has 3 unspecified atom stereocenters. The number of hydrogen-bond donors (Lipinski definition) is 5. The highest BCUT2D eigenvalue weighted by atomic mass is 31.3. The number of rotatable bonds is 8. The molecule has 1 aliphatic heterocycles. The zero-order valence-electron chi connectivity index (χ0n) is 12.9. The highest BCUT2D eigenvalue weighted by Crippen LogP contribution is 2.55. The van der Waals surface area contributed by atoms with E-state index in [2.05, 4.69) is 13.6 Å². The van der Waals surface area contributed by atoms with E-state index in [-0.39, 0.29) is 6.61 Å². The minimum Gasteiger partial charge on any atom is -0.352 e. The molecule has 0 aliphatic carbocycles. The smallest absolute Gasteiger partial charge is 0.344 e. The Bertz CT molecular complexity index is 682. The van der Waals surface area contributed by atoms with Gasteiger partial charge in [-0.1, -0.05) is 0 Å². The maximum atomic E-state index is 11.8. The maximum absolute atomic E-state index is 11.8. The molecule has 1 saturated heterocycles. The molecule has 15 heteroatoms. The fourth-order valence-electron chi connectivity index (χ4n) is 2.12. The molecule has 4 atom stereocenters. The quantitative estimate of drug-likeness (QED) is 0.368. The normalized spacial score (nSPS) is 23.1. The lowest BCUT2D eigenvalue weighted by molar-refractivity contribution is -0.0215. The summed E-state index contributed by atoms with van der Waals surface area (Å²) in [5.74, 6) is 0. The van der Waals surface area contributed by atoms with Gasteiger partial charge in [0.2, 0.25) is 0 Å². The second kappa shape index (κ2) is 9.55. The second-order valence-electron chi connectivity index (χ2n) is 4.96. The van der Waals surface area contributed by atoms with Crippen LogP contribution in [0.15, 0.2) is 15.8 Å². The Labute approximate surface area is 144 Å². The van der Waals surface area contributed by atoms with Crippen LogP contribution in [0.25, 0.3) is 0 Å². The number of aromatic amines is 1. The number of H-pyrrole nitrogens is 1. The van der Waals surface area contributed by atoms with Gasteiger partial charge in [0.25, 0.3) is 5.56 Å². The highest BCUT2D eigenvalue weighted by molar-refractivity contribution is 7.60. The Hall–Kier alpha value is -0.350. The molecular formula is C10H17N2O10P3. The molecule has 25 heavy (non-hydrogen) atoms. The SMILES string of the molecule is Cc1cn(C2CC[C@@H](COP(O)OP(O)OP(O)O)O2)c(=O)[nH]c1=O. The molecule has 1 aromatic rings. The van der Waals surface area contributed by atoms with Gasteiger partial charge in [-0.05, 0) is 19.8 Å². The summed E-state index contributed by atoms with van der Waals surface area (Å²) in [4.78, 5) is 61.1. The number of ether oxygens (including phenoxy) is 1. The third-order valence-electron chi connectivity index (χ3n) is 3.19. The fourth-order valence-corrected chi connectivity index (χ4v) is 3.97. The highest BCUT2D eigenvalue weighted by Gasteiger charge is 2.29. The standard InChI is InChI=1S/C10H17N2O10P3/c1-6-4-12(10(14)11-9(6)13)8-3-2-7(20-8)5-19-24(17)22-25(18)21-23(15)16/h4,7-8,15-18H,2-3,5H2,1H3,(H,11,13,14)/t7-,8?,24?,25?/m0/s1. The summed E-state index contributed by atoms with van der Waals surface area (Å²) < 4.78 is 20.6. The third kappa shape index (κ3) is 6.39. The van der Waals surface area contributed by atoms with Gasteiger partial charge in [-0.15, -0.1) is 0 Å². The molecule has 2 rings (SSSR count). The van der Waals surface area contributed by atoms with Crippen molar-refractivity contribution in [2.45, 2.75) is 32.1 Å². The van der Waals surface area contributed by atoms with Crippen LogP contribution in [0.3, 0.4) is 0 Å². The van der Waals surface area contributed by atoms with Crippen molar-refractivity contribution >= 4 is 25.8 Å². The van der Waals surface area contributed by atoms with Crippen molar-refractivity contribution in [1.82, 2.24) is 9.55 Å². The van der Waals surface area contributed by atoms with E-state index >= 15 is 0 Å². The van der Waals surface area contributed by atoms with Crippen LogP contribution >= 0.6 is 25.8 Å². The fraction of sp³-hybridized carbons (Fsp3) is 0.600. The Morgan fingerprint density at radius 2 is 1.96 bits per heavy atom. The average Bonchev–Trinajstić information content (AvgIpc) is 2.96. The van der Waals surface area contributed by atoms with Crippen LogP contribution in [0.1, 0.15) is 24.6 Å². The van der Waals surface area contributed by atoms with Crippen LogP contribution in [-0.4, -0.2) is 41.8 Å². The van der Waals surface area contributed by atoms with Crippen LogP contribution in [0.2, 0.25) is 0 Å². The van der Waals surface area contributed by atoms with Gasteiger partial charge >= 0.3 is 31.5 Å². The summed E-state index contributed by atoms with van der Waals surface area (Å²) in [5, 5.41) is 0. The summed E-state index contributed by atoms with van der Waals surface area (Å²) in [6.45, 7) is 1.49. The van der Waals surface area contributed by atoms with Gasteiger partial charge in [0.1, 0.15) is 6.23 Å². The van der Waals surface area contributed by atoms with Gasteiger partial charge in [0, 0.05) is 11.8 Å². The molecule has 2 heterocycles. The lowest BCUT2D eigenvalue weighted by atomic mass is 10.2. The summed E-state index contributed by atoms with van der Waals surface area (Å²) in [5.41, 5.74) is -0.666. The van der Waals surface area contributed by atoms with Crippen molar-refractivity contribution in [3.63, 3.8) is 0 Å². The maximum Gasteiger partial charge on any atom is 0.344 e. The Kier molecular flexibility index (Phi) is 8.00. The first kappa shape index (κ1) is 21.0. The predicted octanol–water partition coefficient (Wildman–Crippen LogP) is 0.222. The van der Waals surface area contributed by atoms with Gasteiger partial charge in [-0.3, -0.25) is 14.3 Å². The second-order valence-corrected chi connectivity index (χ2v) is 7.98. The van der Waals surface area contributed by atoms with E-state index in [0.29, 0.717) is 18.4 Å². The van der Waals surface area contributed by atoms with E-state index < -0.39 is 49.4 Å². The molecule has 0 radical (unpaired) electrons. The number of aromatic nitrogens is 2. The third-order valence-corrected chi connectivity index (χ3v) is 5.83. The molecule has 12 nitrogen and oxygen atoms in total. The summed E-state index contributed by atoms with van der Waals surface area (Å²) in [6.07, 6.45) is 1.42. The van der Waals surface area contributed by atoms with Gasteiger partial charge in [-0.25, -0.2) is 13.4 Å². The molecule has 1 aliphatic rings. The van der Waals surface area contributed by atoms with Crippen molar-refractivity contribution in [3.05, 3.63) is 32.6 Å². The van der Waals surface area contributed by atoms with E-state index in [0.717, 1.165) is 0 Å².